The van der Waals surface area contributed by atoms with Gasteiger partial charge in [0, 0.05) is 6.54 Å². The molecule has 0 radical (unpaired) electrons. The largest absolute Gasteiger partial charge is 0.392 e. The Morgan fingerprint density at radius 3 is 2.17 bits per heavy atom. The van der Waals surface area contributed by atoms with Gasteiger partial charge in [-0.1, -0.05) is 51.2 Å². The fourth-order valence-electron chi connectivity index (χ4n) is 1.44. The van der Waals surface area contributed by atoms with Gasteiger partial charge in [-0.2, -0.15) is 0 Å². The molecule has 0 fully saturated rings. The summed E-state index contributed by atoms with van der Waals surface area (Å²) in [5.41, 5.74) is 5.21. The average Bonchev–Trinajstić information content (AvgIpc) is 2.34. The number of carbonyl (C=O) groups is 2. The highest BCUT2D eigenvalue weighted by Crippen LogP contribution is 2.03. The molecule has 0 saturated heterocycles. The molecule has 0 unspecified atom stereocenters. The summed E-state index contributed by atoms with van der Waals surface area (Å²) in [4.78, 5) is 22.7. The van der Waals surface area contributed by atoms with Gasteiger partial charge in [-0.25, -0.2) is 0 Å². The molecule has 5 nitrogen and oxygen atoms in total. The Morgan fingerprint density at radius 2 is 1.56 bits per heavy atom. The van der Waals surface area contributed by atoms with Crippen LogP contribution < -0.4 is 16.4 Å². The topological polar surface area (TPSA) is 84.2 Å². The van der Waals surface area contributed by atoms with E-state index in [1.807, 2.05) is 0 Å². The van der Waals surface area contributed by atoms with E-state index in [4.69, 9.17) is 5.73 Å². The molecule has 0 aromatic heterocycles. The van der Waals surface area contributed by atoms with E-state index in [2.05, 4.69) is 29.8 Å². The van der Waals surface area contributed by atoms with Crippen LogP contribution in [0.1, 0.15) is 45.4 Å². The van der Waals surface area contributed by atoms with Crippen molar-refractivity contribution in [1.29, 1.82) is 0 Å². The van der Waals surface area contributed by atoms with Crippen molar-refractivity contribution in [2.24, 2.45) is 5.73 Å². The Hall–Kier alpha value is -1.17. The van der Waals surface area contributed by atoms with E-state index in [9.17, 15) is 9.59 Å². The summed E-state index contributed by atoms with van der Waals surface area (Å²) in [6.45, 7) is 2.76. The monoisotopic (exact) mass is 273 g/mol. The van der Waals surface area contributed by atoms with Crippen molar-refractivity contribution in [3.63, 3.8) is 0 Å². The molecule has 0 atom stereocenters. The molecular weight excluding hydrogens is 250 g/mol. The molecule has 0 heterocycles. The highest BCUT2D eigenvalue weighted by atomic mass is 32.1. The van der Waals surface area contributed by atoms with Crippen LogP contribution in [0, 0.1) is 0 Å². The molecule has 0 aromatic carbocycles. The lowest BCUT2D eigenvalue weighted by Gasteiger charge is -2.05. The van der Waals surface area contributed by atoms with Crippen LogP contribution in [0.5, 0.6) is 0 Å². The van der Waals surface area contributed by atoms with Crippen molar-refractivity contribution in [3.8, 4) is 0 Å². The van der Waals surface area contributed by atoms with Crippen LogP contribution in [-0.2, 0) is 9.59 Å². The van der Waals surface area contributed by atoms with Crippen molar-refractivity contribution in [2.75, 3.05) is 13.1 Å². The zero-order valence-electron chi connectivity index (χ0n) is 11.0. The predicted octanol–water partition coefficient (Wildman–Crippen LogP) is 0.865. The first-order chi connectivity index (χ1) is 8.57. The van der Waals surface area contributed by atoms with E-state index >= 15 is 0 Å². The van der Waals surface area contributed by atoms with Crippen LogP contribution in [0.15, 0.2) is 0 Å². The number of carbonyl (C=O) groups excluding carboxylic acids is 2. The molecule has 4 N–H and O–H groups in total. The van der Waals surface area contributed by atoms with Gasteiger partial charge in [-0.3, -0.25) is 9.59 Å². The number of thiocarbonyl (C=S) groups is 1. The maximum atomic E-state index is 11.3. The molecule has 0 aliphatic rings. The first kappa shape index (κ1) is 16.8. The zero-order chi connectivity index (χ0) is 13.8. The van der Waals surface area contributed by atoms with E-state index in [-0.39, 0.29) is 11.5 Å². The van der Waals surface area contributed by atoms with Gasteiger partial charge in [0.25, 0.3) is 0 Å². The summed E-state index contributed by atoms with van der Waals surface area (Å²) < 4.78 is 0. The molecule has 0 rings (SSSR count). The maximum Gasteiger partial charge on any atom is 0.309 e. The van der Waals surface area contributed by atoms with Crippen molar-refractivity contribution in [2.45, 2.75) is 45.4 Å². The second kappa shape index (κ2) is 11.0. The molecule has 0 aromatic rings. The lowest BCUT2D eigenvalue weighted by molar-refractivity contribution is -0.139. The minimum atomic E-state index is -0.686. The summed E-state index contributed by atoms with van der Waals surface area (Å²) in [6.07, 6.45) is 6.87. The lowest BCUT2D eigenvalue weighted by atomic mass is 10.1. The SMILES string of the molecule is CCCCCCCCNC(=O)C(=O)NCC(N)=S. The lowest BCUT2D eigenvalue weighted by Crippen LogP contribution is -2.43. The first-order valence-corrected chi connectivity index (χ1v) is 6.83. The fraction of sp³-hybridized carbons (Fsp3) is 0.750. The van der Waals surface area contributed by atoms with Crippen LogP contribution in [-0.4, -0.2) is 29.9 Å². The van der Waals surface area contributed by atoms with Gasteiger partial charge < -0.3 is 16.4 Å². The fourth-order valence-corrected chi connectivity index (χ4v) is 1.51. The standard InChI is InChI=1S/C12H23N3O2S/c1-2-3-4-5-6-7-8-14-11(16)12(17)15-9-10(13)18/h2-9H2,1H3,(H2,13,18)(H,14,16)(H,15,17). The highest BCUT2D eigenvalue weighted by molar-refractivity contribution is 7.80. The van der Waals surface area contributed by atoms with Crippen molar-refractivity contribution in [1.82, 2.24) is 10.6 Å². The van der Waals surface area contributed by atoms with Gasteiger partial charge in [0.05, 0.1) is 11.5 Å². The minimum Gasteiger partial charge on any atom is -0.392 e. The van der Waals surface area contributed by atoms with E-state index in [0.717, 1.165) is 12.8 Å². The van der Waals surface area contributed by atoms with E-state index in [0.29, 0.717) is 6.54 Å². The molecule has 0 spiro atoms. The van der Waals surface area contributed by atoms with E-state index in [1.54, 1.807) is 0 Å². The van der Waals surface area contributed by atoms with E-state index in [1.165, 1.54) is 25.7 Å². The van der Waals surface area contributed by atoms with Gasteiger partial charge in [0.15, 0.2) is 0 Å². The van der Waals surface area contributed by atoms with Crippen LogP contribution in [0.4, 0.5) is 0 Å². The third-order valence-electron chi connectivity index (χ3n) is 2.45. The van der Waals surface area contributed by atoms with E-state index < -0.39 is 11.8 Å². The molecule has 18 heavy (non-hydrogen) atoms. The van der Waals surface area contributed by atoms with Gasteiger partial charge in [-0.05, 0) is 6.42 Å². The van der Waals surface area contributed by atoms with Crippen LogP contribution >= 0.6 is 12.2 Å². The quantitative estimate of drug-likeness (QED) is 0.330. The molecule has 0 aliphatic carbocycles. The third-order valence-corrected chi connectivity index (χ3v) is 2.59. The summed E-state index contributed by atoms with van der Waals surface area (Å²) in [5.74, 6) is -1.31. The molecule has 0 aliphatic heterocycles. The summed E-state index contributed by atoms with van der Waals surface area (Å²) >= 11 is 4.59. The number of unbranched alkanes of at least 4 members (excludes halogenated alkanes) is 5. The Morgan fingerprint density at radius 1 is 1.00 bits per heavy atom. The molecule has 6 heteroatoms. The second-order valence-electron chi connectivity index (χ2n) is 4.17. The summed E-state index contributed by atoms with van der Waals surface area (Å²) in [6, 6.07) is 0. The average molecular weight is 273 g/mol. The molecular formula is C12H23N3O2S. The van der Waals surface area contributed by atoms with Gasteiger partial charge in [-0.15, -0.1) is 0 Å². The van der Waals surface area contributed by atoms with Crippen molar-refractivity contribution in [3.05, 3.63) is 0 Å². The van der Waals surface area contributed by atoms with Crippen LogP contribution in [0.3, 0.4) is 0 Å². The Kier molecular flexibility index (Phi) is 10.2. The number of nitrogens with one attached hydrogen (secondary N) is 2. The van der Waals surface area contributed by atoms with Crippen LogP contribution in [0.2, 0.25) is 0 Å². The van der Waals surface area contributed by atoms with Gasteiger partial charge >= 0.3 is 11.8 Å². The maximum absolute atomic E-state index is 11.3. The highest BCUT2D eigenvalue weighted by Gasteiger charge is 2.11. The number of hydrogen-bond acceptors (Lipinski definition) is 3. The molecule has 2 amide bonds. The summed E-state index contributed by atoms with van der Waals surface area (Å²) in [7, 11) is 0. The number of nitrogens with two attached hydrogens (primary N) is 1. The van der Waals surface area contributed by atoms with Crippen molar-refractivity contribution >= 4 is 29.0 Å². The Bertz CT molecular complexity index is 282. The number of rotatable bonds is 9. The smallest absolute Gasteiger partial charge is 0.309 e. The van der Waals surface area contributed by atoms with Crippen molar-refractivity contribution < 1.29 is 9.59 Å². The second-order valence-corrected chi connectivity index (χ2v) is 4.70. The Labute approximate surface area is 114 Å². The first-order valence-electron chi connectivity index (χ1n) is 6.42. The third kappa shape index (κ3) is 10.0. The number of hydrogen-bond donors (Lipinski definition) is 3. The summed E-state index contributed by atoms with van der Waals surface area (Å²) in [5, 5.41) is 4.90. The molecule has 0 saturated carbocycles. The normalized spacial score (nSPS) is 9.83. The zero-order valence-corrected chi connectivity index (χ0v) is 11.8. The molecule has 104 valence electrons. The molecule has 0 bridgehead atoms. The Balaban J connectivity index is 3.46. The predicted molar refractivity (Wildman–Crippen MR) is 76.2 cm³/mol. The van der Waals surface area contributed by atoms with Gasteiger partial charge in [0.2, 0.25) is 0 Å². The number of amides is 2. The van der Waals surface area contributed by atoms with Crippen LogP contribution in [0.25, 0.3) is 0 Å². The van der Waals surface area contributed by atoms with Gasteiger partial charge in [0.1, 0.15) is 0 Å². The minimum absolute atomic E-state index is 0.0542.